The van der Waals surface area contributed by atoms with Crippen molar-refractivity contribution in [2.75, 3.05) is 5.32 Å². The Labute approximate surface area is 82.9 Å². The standard InChI is InChI=1S/C9H8F5N/c1-4(9(13)14)15-6-3-2-5(10)7(11)8(6)12/h2-4,9,15H,1H3. The van der Waals surface area contributed by atoms with Gasteiger partial charge in [-0.25, -0.2) is 22.0 Å². The van der Waals surface area contributed by atoms with E-state index in [1.165, 1.54) is 0 Å². The first-order valence-corrected chi connectivity index (χ1v) is 4.11. The number of hydrogen-bond acceptors (Lipinski definition) is 1. The fraction of sp³-hybridized carbons (Fsp3) is 0.333. The number of benzene rings is 1. The third-order valence-corrected chi connectivity index (χ3v) is 1.80. The zero-order chi connectivity index (χ0) is 11.6. The Bertz CT molecular complexity index is 353. The van der Waals surface area contributed by atoms with Gasteiger partial charge >= 0.3 is 0 Å². The molecule has 15 heavy (non-hydrogen) atoms. The van der Waals surface area contributed by atoms with Gasteiger partial charge < -0.3 is 5.32 Å². The summed E-state index contributed by atoms with van der Waals surface area (Å²) in [6.45, 7) is 1.10. The molecule has 1 unspecified atom stereocenters. The van der Waals surface area contributed by atoms with Crippen LogP contribution in [-0.4, -0.2) is 12.5 Å². The summed E-state index contributed by atoms with van der Waals surface area (Å²) in [7, 11) is 0. The Hall–Kier alpha value is -1.33. The lowest BCUT2D eigenvalue weighted by Gasteiger charge is -2.14. The van der Waals surface area contributed by atoms with E-state index in [1.807, 2.05) is 5.32 Å². The third-order valence-electron chi connectivity index (χ3n) is 1.80. The average Bonchev–Trinajstić information content (AvgIpc) is 2.18. The molecule has 1 aromatic carbocycles. The van der Waals surface area contributed by atoms with Gasteiger partial charge in [-0.15, -0.1) is 0 Å². The first kappa shape index (κ1) is 11.7. The zero-order valence-electron chi connectivity index (χ0n) is 7.70. The highest BCUT2D eigenvalue weighted by Gasteiger charge is 2.18. The van der Waals surface area contributed by atoms with E-state index >= 15 is 0 Å². The van der Waals surface area contributed by atoms with Gasteiger partial charge in [0.05, 0.1) is 11.7 Å². The quantitative estimate of drug-likeness (QED) is 0.615. The second kappa shape index (κ2) is 4.46. The highest BCUT2D eigenvalue weighted by Crippen LogP contribution is 2.21. The van der Waals surface area contributed by atoms with Crippen molar-refractivity contribution in [3.63, 3.8) is 0 Å². The zero-order valence-corrected chi connectivity index (χ0v) is 7.70. The van der Waals surface area contributed by atoms with Crippen LogP contribution in [0.25, 0.3) is 0 Å². The maximum atomic E-state index is 13.0. The van der Waals surface area contributed by atoms with Crippen molar-refractivity contribution >= 4 is 5.69 Å². The fourth-order valence-electron chi connectivity index (χ4n) is 0.946. The fourth-order valence-corrected chi connectivity index (χ4v) is 0.946. The first-order chi connectivity index (χ1) is 6.93. The number of rotatable bonds is 3. The van der Waals surface area contributed by atoms with Gasteiger partial charge in [0.25, 0.3) is 6.43 Å². The van der Waals surface area contributed by atoms with Gasteiger partial charge in [-0.1, -0.05) is 0 Å². The van der Waals surface area contributed by atoms with Crippen LogP contribution in [0, 0.1) is 17.5 Å². The lowest BCUT2D eigenvalue weighted by molar-refractivity contribution is 0.130. The van der Waals surface area contributed by atoms with Gasteiger partial charge in [0.15, 0.2) is 17.5 Å². The molecule has 0 radical (unpaired) electrons. The van der Waals surface area contributed by atoms with Gasteiger partial charge in [0.1, 0.15) is 0 Å². The molecule has 0 aromatic heterocycles. The summed E-state index contributed by atoms with van der Waals surface area (Å²) in [6, 6.07) is 0.190. The highest BCUT2D eigenvalue weighted by atomic mass is 19.3. The summed E-state index contributed by atoms with van der Waals surface area (Å²) in [5, 5.41) is 2.05. The molecule has 0 aliphatic rings. The van der Waals surface area contributed by atoms with Crippen molar-refractivity contribution in [2.24, 2.45) is 0 Å². The number of anilines is 1. The van der Waals surface area contributed by atoms with Crippen LogP contribution in [0.15, 0.2) is 12.1 Å². The largest absolute Gasteiger partial charge is 0.374 e. The lowest BCUT2D eigenvalue weighted by atomic mass is 10.2. The smallest absolute Gasteiger partial charge is 0.258 e. The normalized spacial score (nSPS) is 13.0. The van der Waals surface area contributed by atoms with Gasteiger partial charge in [-0.3, -0.25) is 0 Å². The van der Waals surface area contributed by atoms with Gasteiger partial charge in [-0.2, -0.15) is 0 Å². The average molecular weight is 225 g/mol. The van der Waals surface area contributed by atoms with Crippen molar-refractivity contribution in [2.45, 2.75) is 19.4 Å². The van der Waals surface area contributed by atoms with Crippen LogP contribution in [-0.2, 0) is 0 Å². The second-order valence-corrected chi connectivity index (χ2v) is 2.99. The van der Waals surface area contributed by atoms with Crippen LogP contribution in [0.2, 0.25) is 0 Å². The van der Waals surface area contributed by atoms with Crippen LogP contribution in [0.5, 0.6) is 0 Å². The number of alkyl halides is 2. The molecule has 0 fully saturated rings. The minimum atomic E-state index is -2.72. The minimum Gasteiger partial charge on any atom is -0.374 e. The van der Waals surface area contributed by atoms with E-state index in [-0.39, 0.29) is 0 Å². The summed E-state index contributed by atoms with van der Waals surface area (Å²) in [5.74, 6) is -4.54. The Kier molecular flexibility index (Phi) is 3.49. The Morgan fingerprint density at radius 3 is 2.20 bits per heavy atom. The van der Waals surface area contributed by atoms with E-state index in [2.05, 4.69) is 0 Å². The van der Waals surface area contributed by atoms with Crippen LogP contribution < -0.4 is 5.32 Å². The molecule has 0 aliphatic heterocycles. The number of hydrogen-bond donors (Lipinski definition) is 1. The predicted molar refractivity (Wildman–Crippen MR) is 45.4 cm³/mol. The topological polar surface area (TPSA) is 12.0 Å². The molecular formula is C9H8F5N. The molecule has 0 bridgehead atoms. The SMILES string of the molecule is CC(Nc1ccc(F)c(F)c1F)C(F)F. The lowest BCUT2D eigenvalue weighted by Crippen LogP contribution is -2.24. The summed E-state index contributed by atoms with van der Waals surface area (Å²) >= 11 is 0. The van der Waals surface area contributed by atoms with Crippen molar-refractivity contribution in [1.29, 1.82) is 0 Å². The van der Waals surface area contributed by atoms with E-state index in [9.17, 15) is 22.0 Å². The summed E-state index contributed by atoms with van der Waals surface area (Å²) in [5.41, 5.74) is -0.485. The van der Waals surface area contributed by atoms with Crippen LogP contribution in [0.1, 0.15) is 6.92 Å². The first-order valence-electron chi connectivity index (χ1n) is 4.11. The molecule has 1 aromatic rings. The van der Waals surface area contributed by atoms with Gasteiger partial charge in [0, 0.05) is 0 Å². The molecule has 0 aliphatic carbocycles. The van der Waals surface area contributed by atoms with Crippen LogP contribution >= 0.6 is 0 Å². The molecule has 84 valence electrons. The summed E-state index contributed by atoms with van der Waals surface area (Å²) in [4.78, 5) is 0. The molecule has 1 atom stereocenters. The van der Waals surface area contributed by atoms with E-state index in [4.69, 9.17) is 0 Å². The molecule has 0 amide bonds. The van der Waals surface area contributed by atoms with Crippen molar-refractivity contribution < 1.29 is 22.0 Å². The maximum absolute atomic E-state index is 13.0. The highest BCUT2D eigenvalue weighted by molar-refractivity contribution is 5.46. The van der Waals surface area contributed by atoms with Gasteiger partial charge in [0.2, 0.25) is 0 Å². The Morgan fingerprint density at radius 1 is 1.07 bits per heavy atom. The van der Waals surface area contributed by atoms with Crippen molar-refractivity contribution in [3.05, 3.63) is 29.6 Å². The van der Waals surface area contributed by atoms with Crippen LogP contribution in [0.3, 0.4) is 0 Å². The number of nitrogens with one attached hydrogen (secondary N) is 1. The Balaban J connectivity index is 2.92. The van der Waals surface area contributed by atoms with E-state index < -0.39 is 35.6 Å². The second-order valence-electron chi connectivity index (χ2n) is 2.99. The molecule has 6 heteroatoms. The molecule has 0 spiro atoms. The Morgan fingerprint density at radius 2 is 1.67 bits per heavy atom. The summed E-state index contributed by atoms with van der Waals surface area (Å²) < 4.78 is 62.2. The predicted octanol–water partition coefficient (Wildman–Crippen LogP) is 3.17. The number of halogens is 5. The molecule has 1 N–H and O–H groups in total. The molecule has 0 saturated heterocycles. The molecule has 0 heterocycles. The molecule has 0 saturated carbocycles. The molecule has 1 rings (SSSR count). The van der Waals surface area contributed by atoms with E-state index in [1.54, 1.807) is 0 Å². The van der Waals surface area contributed by atoms with Gasteiger partial charge in [-0.05, 0) is 19.1 Å². The summed E-state index contributed by atoms with van der Waals surface area (Å²) in [6.07, 6.45) is -2.72. The maximum Gasteiger partial charge on any atom is 0.258 e. The third kappa shape index (κ3) is 2.57. The van der Waals surface area contributed by atoms with E-state index in [0.717, 1.165) is 13.0 Å². The van der Waals surface area contributed by atoms with Crippen molar-refractivity contribution in [3.8, 4) is 0 Å². The van der Waals surface area contributed by atoms with Crippen LogP contribution in [0.4, 0.5) is 27.6 Å². The van der Waals surface area contributed by atoms with Crippen molar-refractivity contribution in [1.82, 2.24) is 0 Å². The molecular weight excluding hydrogens is 217 g/mol. The minimum absolute atomic E-state index is 0.485. The van der Waals surface area contributed by atoms with E-state index in [0.29, 0.717) is 6.07 Å². The molecule has 1 nitrogen and oxygen atoms in total. The monoisotopic (exact) mass is 225 g/mol.